The summed E-state index contributed by atoms with van der Waals surface area (Å²) in [6.45, 7) is 6.99. The molecule has 0 spiro atoms. The van der Waals surface area contributed by atoms with Crippen LogP contribution < -0.4 is 5.32 Å². The maximum Gasteiger partial charge on any atom is 0.248 e. The molecule has 1 rings (SSSR count). The summed E-state index contributed by atoms with van der Waals surface area (Å²) >= 11 is 0. The van der Waals surface area contributed by atoms with Gasteiger partial charge in [0.1, 0.15) is 5.54 Å². The third-order valence-corrected chi connectivity index (χ3v) is 5.25. The third kappa shape index (κ3) is 4.19. The second-order valence-corrected chi connectivity index (χ2v) is 8.18. The average molecular weight is 304 g/mol. The minimum atomic E-state index is -3.14. The first-order chi connectivity index (χ1) is 9.09. The van der Waals surface area contributed by atoms with Gasteiger partial charge in [-0.3, -0.25) is 9.59 Å². The van der Waals surface area contributed by atoms with Crippen LogP contribution in [0.3, 0.4) is 0 Å². The molecular weight excluding hydrogens is 280 g/mol. The quantitative estimate of drug-likeness (QED) is 0.793. The molecule has 6 nitrogen and oxygen atoms in total. The Kier molecular flexibility index (Phi) is 5.18. The van der Waals surface area contributed by atoms with E-state index in [1.807, 2.05) is 6.92 Å². The van der Waals surface area contributed by atoms with Crippen molar-refractivity contribution in [2.24, 2.45) is 0 Å². The third-order valence-electron chi connectivity index (χ3n) is 3.42. The van der Waals surface area contributed by atoms with Gasteiger partial charge < -0.3 is 10.2 Å². The zero-order valence-electron chi connectivity index (χ0n) is 12.6. The molecule has 1 N–H and O–H groups in total. The van der Waals surface area contributed by atoms with Crippen LogP contribution in [0.1, 0.15) is 40.5 Å². The fourth-order valence-corrected chi connectivity index (χ4v) is 3.66. The predicted molar refractivity (Wildman–Crippen MR) is 77.0 cm³/mol. The molecule has 1 heterocycles. The van der Waals surface area contributed by atoms with Gasteiger partial charge in [-0.15, -0.1) is 0 Å². The molecule has 7 heteroatoms. The summed E-state index contributed by atoms with van der Waals surface area (Å²) < 4.78 is 23.6. The van der Waals surface area contributed by atoms with Crippen LogP contribution in [0, 0.1) is 0 Å². The van der Waals surface area contributed by atoms with Crippen LogP contribution in [0.15, 0.2) is 0 Å². The first-order valence-electron chi connectivity index (χ1n) is 6.91. The van der Waals surface area contributed by atoms with E-state index in [-0.39, 0.29) is 42.3 Å². The summed E-state index contributed by atoms with van der Waals surface area (Å²) in [5.41, 5.74) is -0.990. The van der Waals surface area contributed by atoms with Crippen molar-refractivity contribution in [2.75, 3.05) is 18.1 Å². The summed E-state index contributed by atoms with van der Waals surface area (Å²) in [6, 6.07) is -0.291. The van der Waals surface area contributed by atoms with Gasteiger partial charge in [-0.25, -0.2) is 8.42 Å². The van der Waals surface area contributed by atoms with E-state index in [0.29, 0.717) is 6.42 Å². The Morgan fingerprint density at radius 2 is 1.90 bits per heavy atom. The highest BCUT2D eigenvalue weighted by Gasteiger charge is 2.39. The Balaban J connectivity index is 2.85. The van der Waals surface area contributed by atoms with Crippen molar-refractivity contribution in [3.8, 4) is 0 Å². The number of sulfone groups is 1. The zero-order valence-corrected chi connectivity index (χ0v) is 13.4. The molecule has 1 aliphatic rings. The van der Waals surface area contributed by atoms with E-state index in [1.54, 1.807) is 20.8 Å². The van der Waals surface area contributed by atoms with E-state index in [9.17, 15) is 18.0 Å². The molecule has 1 fully saturated rings. The number of hydrogen-bond donors (Lipinski definition) is 1. The largest absolute Gasteiger partial charge is 0.342 e. The van der Waals surface area contributed by atoms with Crippen molar-refractivity contribution in [1.82, 2.24) is 10.2 Å². The number of hydrogen-bond acceptors (Lipinski definition) is 4. The Bertz CT molecular complexity index is 485. The number of rotatable bonds is 5. The van der Waals surface area contributed by atoms with E-state index in [0.717, 1.165) is 0 Å². The molecule has 0 aliphatic carbocycles. The molecule has 0 aromatic rings. The standard InChI is InChI=1S/C13H24N2O4S/c1-5-7-20(18,19)8-6-15-10(2)9-11(16)14-13(3,4)12(15)17/h10H,5-9H2,1-4H3,(H,14,16). The van der Waals surface area contributed by atoms with Crippen molar-refractivity contribution in [3.63, 3.8) is 0 Å². The highest BCUT2D eigenvalue weighted by Crippen LogP contribution is 2.18. The van der Waals surface area contributed by atoms with E-state index in [1.165, 1.54) is 4.90 Å². The first-order valence-corrected chi connectivity index (χ1v) is 8.73. The summed E-state index contributed by atoms with van der Waals surface area (Å²) in [6.07, 6.45) is 0.764. The van der Waals surface area contributed by atoms with Gasteiger partial charge in [0.2, 0.25) is 11.8 Å². The summed E-state index contributed by atoms with van der Waals surface area (Å²) in [5, 5.41) is 2.67. The topological polar surface area (TPSA) is 83.6 Å². The monoisotopic (exact) mass is 304 g/mol. The van der Waals surface area contributed by atoms with Crippen LogP contribution in [0.5, 0.6) is 0 Å². The number of carbonyl (C=O) groups excluding carboxylic acids is 2. The lowest BCUT2D eigenvalue weighted by atomic mass is 10.0. The predicted octanol–water partition coefficient (Wildman–Crippen LogP) is 0.327. The van der Waals surface area contributed by atoms with Crippen molar-refractivity contribution >= 4 is 21.7 Å². The number of amides is 2. The molecule has 116 valence electrons. The molecule has 0 aromatic carbocycles. The molecule has 1 unspecified atom stereocenters. The van der Waals surface area contributed by atoms with Crippen molar-refractivity contribution in [2.45, 2.75) is 52.1 Å². The van der Waals surface area contributed by atoms with Gasteiger partial charge in [0.05, 0.1) is 5.75 Å². The fraction of sp³-hybridized carbons (Fsp3) is 0.846. The highest BCUT2D eigenvalue weighted by atomic mass is 32.2. The molecule has 20 heavy (non-hydrogen) atoms. The Morgan fingerprint density at radius 3 is 2.45 bits per heavy atom. The van der Waals surface area contributed by atoms with Gasteiger partial charge in [-0.1, -0.05) is 6.92 Å². The maximum absolute atomic E-state index is 12.4. The van der Waals surface area contributed by atoms with Crippen LogP contribution in [0.4, 0.5) is 0 Å². The molecule has 0 radical (unpaired) electrons. The van der Waals surface area contributed by atoms with Crippen LogP contribution in [0.25, 0.3) is 0 Å². The minimum Gasteiger partial charge on any atom is -0.342 e. The van der Waals surface area contributed by atoms with Gasteiger partial charge in [0.15, 0.2) is 9.84 Å². The van der Waals surface area contributed by atoms with Gasteiger partial charge in [-0.05, 0) is 27.2 Å². The van der Waals surface area contributed by atoms with E-state index >= 15 is 0 Å². The molecule has 0 aromatic heterocycles. The van der Waals surface area contributed by atoms with E-state index < -0.39 is 15.4 Å². The second kappa shape index (κ2) is 6.11. The van der Waals surface area contributed by atoms with Crippen LogP contribution in [0.2, 0.25) is 0 Å². The lowest BCUT2D eigenvalue weighted by Crippen LogP contribution is -2.54. The van der Waals surface area contributed by atoms with E-state index in [2.05, 4.69) is 5.32 Å². The second-order valence-electron chi connectivity index (χ2n) is 5.88. The van der Waals surface area contributed by atoms with Crippen LogP contribution in [-0.4, -0.2) is 54.8 Å². The number of carbonyl (C=O) groups is 2. The average Bonchev–Trinajstić information content (AvgIpc) is 2.33. The Labute approximate surface area is 120 Å². The van der Waals surface area contributed by atoms with Gasteiger partial charge >= 0.3 is 0 Å². The van der Waals surface area contributed by atoms with Gasteiger partial charge in [0, 0.05) is 24.8 Å². The molecule has 1 atom stereocenters. The van der Waals surface area contributed by atoms with Crippen molar-refractivity contribution < 1.29 is 18.0 Å². The minimum absolute atomic E-state index is 0.0544. The summed E-state index contributed by atoms with van der Waals surface area (Å²) in [7, 11) is -3.14. The number of nitrogens with one attached hydrogen (secondary N) is 1. The summed E-state index contributed by atoms with van der Waals surface area (Å²) in [4.78, 5) is 25.6. The molecule has 2 amide bonds. The normalized spacial score (nSPS) is 23.4. The van der Waals surface area contributed by atoms with Gasteiger partial charge in [-0.2, -0.15) is 0 Å². The molecule has 0 saturated carbocycles. The maximum atomic E-state index is 12.4. The Hall–Kier alpha value is -1.11. The van der Waals surface area contributed by atoms with Crippen LogP contribution in [-0.2, 0) is 19.4 Å². The zero-order chi connectivity index (χ0) is 15.6. The lowest BCUT2D eigenvalue weighted by molar-refractivity contribution is -0.138. The van der Waals surface area contributed by atoms with E-state index in [4.69, 9.17) is 0 Å². The molecular formula is C13H24N2O4S. The van der Waals surface area contributed by atoms with Crippen LogP contribution >= 0.6 is 0 Å². The smallest absolute Gasteiger partial charge is 0.248 e. The first kappa shape index (κ1) is 16.9. The summed E-state index contributed by atoms with van der Waals surface area (Å²) in [5.74, 6) is -0.345. The van der Waals surface area contributed by atoms with Gasteiger partial charge in [0.25, 0.3) is 0 Å². The molecule has 1 saturated heterocycles. The van der Waals surface area contributed by atoms with Crippen molar-refractivity contribution in [1.29, 1.82) is 0 Å². The molecule has 1 aliphatic heterocycles. The number of nitrogens with zero attached hydrogens (tertiary/aromatic N) is 1. The van der Waals surface area contributed by atoms with Crippen molar-refractivity contribution in [3.05, 3.63) is 0 Å². The molecule has 0 bridgehead atoms. The lowest BCUT2D eigenvalue weighted by Gasteiger charge is -2.31. The SMILES string of the molecule is CCCS(=O)(=O)CCN1C(=O)C(C)(C)NC(=O)CC1C. The fourth-order valence-electron chi connectivity index (χ4n) is 2.36. The Morgan fingerprint density at radius 1 is 1.30 bits per heavy atom. The highest BCUT2D eigenvalue weighted by molar-refractivity contribution is 7.91.